The lowest BCUT2D eigenvalue weighted by atomic mass is 10.1. The summed E-state index contributed by atoms with van der Waals surface area (Å²) in [4.78, 5) is 23.9. The van der Waals surface area contributed by atoms with Crippen LogP contribution in [0.1, 0.15) is 21.6 Å². The minimum Gasteiger partial charge on any atom is -0.506 e. The number of nitrogens with zero attached hydrogens (tertiary/aromatic N) is 1. The van der Waals surface area contributed by atoms with E-state index in [-0.39, 0.29) is 28.5 Å². The standard InChI is InChI=1S/C19H13ClF2NO4/c1-10-13(6-7-24)14-8-17(25)15(20)9-16(14)23(10)18(26)11-2-4-12(5-3-11)27-19(21)22/h2-5,8-9,19,25H,6H2,1H3. The van der Waals surface area contributed by atoms with Crippen molar-refractivity contribution in [2.24, 2.45) is 0 Å². The summed E-state index contributed by atoms with van der Waals surface area (Å²) in [5.41, 5.74) is 1.67. The van der Waals surface area contributed by atoms with Crippen molar-refractivity contribution in [3.05, 3.63) is 58.2 Å². The van der Waals surface area contributed by atoms with Crippen LogP contribution in [0, 0.1) is 6.92 Å². The van der Waals surface area contributed by atoms with E-state index in [1.54, 1.807) is 13.2 Å². The number of fused-ring (bicyclic) bond motifs is 1. The van der Waals surface area contributed by atoms with Crippen LogP contribution in [0.25, 0.3) is 10.9 Å². The lowest BCUT2D eigenvalue weighted by Crippen LogP contribution is -2.14. The number of ether oxygens (including phenoxy) is 1. The van der Waals surface area contributed by atoms with Crippen molar-refractivity contribution in [2.45, 2.75) is 20.0 Å². The van der Waals surface area contributed by atoms with Crippen molar-refractivity contribution in [2.75, 3.05) is 0 Å². The van der Waals surface area contributed by atoms with Crippen LogP contribution in [0.5, 0.6) is 11.5 Å². The van der Waals surface area contributed by atoms with Crippen molar-refractivity contribution in [1.82, 2.24) is 4.57 Å². The highest BCUT2D eigenvalue weighted by Gasteiger charge is 2.21. The fourth-order valence-electron chi connectivity index (χ4n) is 2.95. The van der Waals surface area contributed by atoms with Gasteiger partial charge in [0.25, 0.3) is 5.91 Å². The second-order valence-electron chi connectivity index (χ2n) is 5.75. The molecule has 0 unspecified atom stereocenters. The number of benzene rings is 2. The summed E-state index contributed by atoms with van der Waals surface area (Å²) < 4.78 is 30.2. The molecule has 3 rings (SSSR count). The Morgan fingerprint density at radius 3 is 2.56 bits per heavy atom. The average molecular weight is 393 g/mol. The Balaban J connectivity index is 2.12. The smallest absolute Gasteiger partial charge is 0.387 e. The van der Waals surface area contributed by atoms with Crippen molar-refractivity contribution in [1.29, 1.82) is 0 Å². The van der Waals surface area contributed by atoms with Gasteiger partial charge in [-0.05, 0) is 48.9 Å². The number of hydrogen-bond acceptors (Lipinski definition) is 4. The fourth-order valence-corrected chi connectivity index (χ4v) is 3.11. The lowest BCUT2D eigenvalue weighted by molar-refractivity contribution is -0.0498. The molecule has 0 bridgehead atoms. The van der Waals surface area contributed by atoms with Crippen molar-refractivity contribution in [3.8, 4) is 11.5 Å². The van der Waals surface area contributed by atoms with Gasteiger partial charge in [-0.3, -0.25) is 14.2 Å². The predicted molar refractivity (Wildman–Crippen MR) is 95.5 cm³/mol. The molecule has 5 nitrogen and oxygen atoms in total. The number of alkyl halides is 2. The minimum atomic E-state index is -2.96. The Bertz CT molecular complexity index is 1030. The number of carbonyl (C=O) groups excluding carboxylic acids is 2. The van der Waals surface area contributed by atoms with Gasteiger partial charge >= 0.3 is 6.61 Å². The summed E-state index contributed by atoms with van der Waals surface area (Å²) >= 11 is 5.98. The third-order valence-corrected chi connectivity index (χ3v) is 4.48. The second kappa shape index (κ2) is 7.36. The molecule has 0 aliphatic heterocycles. The summed E-state index contributed by atoms with van der Waals surface area (Å²) in [5.74, 6) is -0.686. The Morgan fingerprint density at radius 2 is 1.96 bits per heavy atom. The first kappa shape index (κ1) is 18.8. The minimum absolute atomic E-state index is 0.0522. The Morgan fingerprint density at radius 1 is 1.30 bits per heavy atom. The first-order valence-electron chi connectivity index (χ1n) is 7.80. The van der Waals surface area contributed by atoms with Gasteiger partial charge in [-0.15, -0.1) is 0 Å². The molecule has 2 aromatic carbocycles. The van der Waals surface area contributed by atoms with Gasteiger partial charge < -0.3 is 9.84 Å². The molecule has 0 saturated heterocycles. The largest absolute Gasteiger partial charge is 0.506 e. The quantitative estimate of drug-likeness (QED) is 0.704. The molecule has 0 fully saturated rings. The monoisotopic (exact) mass is 392 g/mol. The zero-order valence-electron chi connectivity index (χ0n) is 14.0. The topological polar surface area (TPSA) is 68.5 Å². The zero-order chi connectivity index (χ0) is 19.7. The molecule has 1 aromatic heterocycles. The molecule has 1 heterocycles. The van der Waals surface area contributed by atoms with Gasteiger partial charge in [0.2, 0.25) is 6.29 Å². The molecule has 0 saturated carbocycles. The van der Waals surface area contributed by atoms with Crippen LogP contribution in [-0.2, 0) is 11.2 Å². The first-order valence-corrected chi connectivity index (χ1v) is 8.18. The second-order valence-corrected chi connectivity index (χ2v) is 6.16. The van der Waals surface area contributed by atoms with E-state index >= 15 is 0 Å². The number of phenolic OH excluding ortho intramolecular Hbond substituents is 1. The summed E-state index contributed by atoms with van der Waals surface area (Å²) in [5, 5.41) is 10.4. The van der Waals surface area contributed by atoms with Crippen LogP contribution in [0.15, 0.2) is 36.4 Å². The number of phenols is 1. The molecule has 0 aliphatic carbocycles. The lowest BCUT2D eigenvalue weighted by Gasteiger charge is -2.09. The van der Waals surface area contributed by atoms with Gasteiger partial charge in [-0.25, -0.2) is 0 Å². The highest BCUT2D eigenvalue weighted by molar-refractivity contribution is 6.33. The number of halogens is 3. The number of aromatic nitrogens is 1. The van der Waals surface area contributed by atoms with Gasteiger partial charge in [0.15, 0.2) is 0 Å². The van der Waals surface area contributed by atoms with Crippen molar-refractivity contribution >= 4 is 34.7 Å². The van der Waals surface area contributed by atoms with Gasteiger partial charge in [0.1, 0.15) is 11.5 Å². The van der Waals surface area contributed by atoms with Crippen LogP contribution in [0.3, 0.4) is 0 Å². The summed E-state index contributed by atoms with van der Waals surface area (Å²) in [6.07, 6.45) is 1.73. The average Bonchev–Trinajstić information content (AvgIpc) is 2.87. The van der Waals surface area contributed by atoms with Crippen molar-refractivity contribution < 1.29 is 28.2 Å². The predicted octanol–water partition coefficient (Wildman–Crippen LogP) is 4.25. The van der Waals surface area contributed by atoms with E-state index in [4.69, 9.17) is 11.6 Å². The molecule has 1 N–H and O–H groups in total. The van der Waals surface area contributed by atoms with Gasteiger partial charge in [0, 0.05) is 23.1 Å². The molecule has 0 spiro atoms. The third kappa shape index (κ3) is 3.50. The third-order valence-electron chi connectivity index (χ3n) is 4.18. The maximum absolute atomic E-state index is 13.0. The highest BCUT2D eigenvalue weighted by atomic mass is 35.5. The van der Waals surface area contributed by atoms with Crippen molar-refractivity contribution in [3.63, 3.8) is 0 Å². The number of aromatic hydroxyl groups is 1. The SMILES string of the molecule is Cc1c(C[C]=O)c2cc(O)c(Cl)cc2n1C(=O)c1ccc(OC(F)F)cc1. The van der Waals surface area contributed by atoms with E-state index < -0.39 is 12.5 Å². The Hall–Kier alpha value is -2.93. The first-order chi connectivity index (χ1) is 12.8. The summed E-state index contributed by atoms with van der Waals surface area (Å²) in [7, 11) is 0. The van der Waals surface area contributed by atoms with E-state index in [1.165, 1.54) is 41.0 Å². The van der Waals surface area contributed by atoms with Gasteiger partial charge in [0.05, 0.1) is 10.5 Å². The number of rotatable bonds is 5. The van der Waals surface area contributed by atoms with Gasteiger partial charge in [-0.2, -0.15) is 8.78 Å². The summed E-state index contributed by atoms with van der Waals surface area (Å²) in [6.45, 7) is -1.30. The molecule has 3 aromatic rings. The normalized spacial score (nSPS) is 11.1. The van der Waals surface area contributed by atoms with E-state index in [9.17, 15) is 23.5 Å². The highest BCUT2D eigenvalue weighted by Crippen LogP contribution is 2.34. The molecule has 0 aliphatic rings. The maximum Gasteiger partial charge on any atom is 0.387 e. The number of hydrogen-bond donors (Lipinski definition) is 1. The van der Waals surface area contributed by atoms with Crippen LogP contribution in [-0.4, -0.2) is 28.5 Å². The van der Waals surface area contributed by atoms with E-state index in [0.29, 0.717) is 22.2 Å². The van der Waals surface area contributed by atoms with E-state index in [2.05, 4.69) is 4.74 Å². The fraction of sp³-hybridized carbons (Fsp3) is 0.158. The van der Waals surface area contributed by atoms with E-state index in [0.717, 1.165) is 0 Å². The Kier molecular flexibility index (Phi) is 5.14. The molecule has 1 radical (unpaired) electrons. The van der Waals surface area contributed by atoms with Crippen LogP contribution in [0.2, 0.25) is 5.02 Å². The molecule has 139 valence electrons. The molecule has 0 amide bonds. The maximum atomic E-state index is 13.0. The van der Waals surface area contributed by atoms with Crippen LogP contribution >= 0.6 is 11.6 Å². The molecular formula is C19H13ClF2NO4. The van der Waals surface area contributed by atoms with Gasteiger partial charge in [-0.1, -0.05) is 11.6 Å². The zero-order valence-corrected chi connectivity index (χ0v) is 14.8. The molecule has 8 heteroatoms. The molecular weight excluding hydrogens is 380 g/mol. The molecule has 0 atom stereocenters. The Labute approximate surface area is 157 Å². The van der Waals surface area contributed by atoms with E-state index in [1.807, 2.05) is 0 Å². The van der Waals surface area contributed by atoms with Crippen LogP contribution in [0.4, 0.5) is 8.78 Å². The van der Waals surface area contributed by atoms with Crippen LogP contribution < -0.4 is 4.74 Å². The number of carbonyl (C=O) groups is 1. The molecule has 27 heavy (non-hydrogen) atoms. The summed E-state index contributed by atoms with van der Waals surface area (Å²) in [6, 6.07) is 8.07.